The van der Waals surface area contributed by atoms with Crippen LogP contribution in [-0.2, 0) is 21.7 Å². The molecule has 0 fully saturated rings. The molecule has 0 bridgehead atoms. The third-order valence-electron chi connectivity index (χ3n) is 0. The van der Waals surface area contributed by atoms with Gasteiger partial charge in [-0.2, -0.15) is 0 Å². The predicted molar refractivity (Wildman–Crippen MR) is 40.3 cm³/mol. The molecule has 0 atom stereocenters. The van der Waals surface area contributed by atoms with Crippen molar-refractivity contribution in [1.29, 1.82) is 0 Å². The van der Waals surface area contributed by atoms with Crippen LogP contribution in [-0.4, -0.2) is 141 Å². The Balaban J connectivity index is -0.0000000133. The summed E-state index contributed by atoms with van der Waals surface area (Å²) in [7, 11) is -4.61. The zero-order valence-electron chi connectivity index (χ0n) is 2.79. The molecule has 9 heavy (non-hydrogen) atoms. The topological polar surface area (TPSA) is 80.9 Å². The van der Waals surface area contributed by atoms with E-state index in [1.807, 2.05) is 0 Å². The van der Waals surface area contributed by atoms with Gasteiger partial charge in [0.2, 0.25) is 0 Å². The first-order valence-electron chi connectivity index (χ1n) is 0.894. The van der Waals surface area contributed by atoms with Gasteiger partial charge in [0.1, 0.15) is 0 Å². The van der Waals surface area contributed by atoms with Gasteiger partial charge in [0, 0.05) is 21.7 Å². The van der Waals surface area contributed by atoms with E-state index in [2.05, 4.69) is 0 Å². The van der Waals surface area contributed by atoms with Crippen molar-refractivity contribution >= 4 is 122 Å². The van der Waals surface area contributed by atoms with Crippen molar-refractivity contribution in [3.8, 4) is 0 Å². The van der Waals surface area contributed by atoms with E-state index in [4.69, 9.17) is 19.2 Å². The Labute approximate surface area is 159 Å². The summed E-state index contributed by atoms with van der Waals surface area (Å²) in [6, 6.07) is 0. The van der Waals surface area contributed by atoms with Crippen LogP contribution in [0, 0.1) is 0 Å². The molecule has 0 amide bonds. The molecule has 0 aliphatic rings. The minimum atomic E-state index is -4.61. The summed E-state index contributed by atoms with van der Waals surface area (Å²) in [5.41, 5.74) is 0. The van der Waals surface area contributed by atoms with Gasteiger partial charge in [-0.25, -0.2) is 0 Å². The maximum absolute atomic E-state index is 7.33. The standard InChI is InChI=1S/3Ca.H4O4Si.Ti.6H/c;;;1-5(2,3)4;;;;;;;/h;;;1-4H;;;;;;;. The molecule has 0 unspecified atom stereocenters. The van der Waals surface area contributed by atoms with Gasteiger partial charge in [0.25, 0.3) is 0 Å². The van der Waals surface area contributed by atoms with E-state index in [0.29, 0.717) is 0 Å². The molecule has 0 aromatic carbocycles. The molecule has 48 valence electrons. The average molecular weight is 270 g/mol. The molecule has 0 saturated carbocycles. The normalized spacial score (nSPS) is 6.67. The molecule has 0 aliphatic carbocycles. The van der Waals surface area contributed by atoms with Gasteiger partial charge in [-0.15, -0.1) is 0 Å². The predicted octanol–water partition coefficient (Wildman–Crippen LogP) is -5.36. The van der Waals surface area contributed by atoms with Gasteiger partial charge in [-0.05, 0) is 0 Å². The van der Waals surface area contributed by atoms with Crippen molar-refractivity contribution in [3.05, 3.63) is 0 Å². The molecule has 0 heterocycles. The second kappa shape index (κ2) is 15.0. The van der Waals surface area contributed by atoms with Gasteiger partial charge in [0.05, 0.1) is 0 Å². The van der Waals surface area contributed by atoms with Crippen LogP contribution in [0.4, 0.5) is 0 Å². The molecule has 0 radical (unpaired) electrons. The number of hydrogen-bond acceptors (Lipinski definition) is 4. The Morgan fingerprint density at radius 1 is 0.667 bits per heavy atom. The maximum atomic E-state index is 7.33. The summed E-state index contributed by atoms with van der Waals surface area (Å²) in [4.78, 5) is 29.3. The quantitative estimate of drug-likeness (QED) is 0.331. The van der Waals surface area contributed by atoms with Crippen LogP contribution < -0.4 is 0 Å². The summed E-state index contributed by atoms with van der Waals surface area (Å²) < 4.78 is 0. The fourth-order valence-corrected chi connectivity index (χ4v) is 0. The molecule has 0 spiro atoms. The summed E-state index contributed by atoms with van der Waals surface area (Å²) >= 11 is 0. The van der Waals surface area contributed by atoms with Crippen molar-refractivity contribution in [2.24, 2.45) is 0 Å². The summed E-state index contributed by atoms with van der Waals surface area (Å²) in [6.45, 7) is 0. The largest absolute Gasteiger partial charge is 0 e. The Morgan fingerprint density at radius 3 is 0.667 bits per heavy atom. The van der Waals surface area contributed by atoms with Crippen LogP contribution in [0.3, 0.4) is 0 Å². The van der Waals surface area contributed by atoms with E-state index in [1.165, 1.54) is 0 Å². The van der Waals surface area contributed by atoms with Gasteiger partial charge in [-0.3, -0.25) is 0 Å². The van der Waals surface area contributed by atoms with Crippen molar-refractivity contribution in [2.75, 3.05) is 0 Å². The monoisotopic (exact) mass is 270 g/mol. The molecule has 0 aromatic heterocycles. The van der Waals surface area contributed by atoms with Crippen molar-refractivity contribution in [1.82, 2.24) is 0 Å². The zero-order chi connectivity index (χ0) is 4.50. The minimum Gasteiger partial charge on any atom is 0 e. The smallest absolute Gasteiger partial charge is 0 e. The van der Waals surface area contributed by atoms with Crippen molar-refractivity contribution in [2.45, 2.75) is 0 Å². The molecule has 9 heteroatoms. The van der Waals surface area contributed by atoms with Gasteiger partial charge in [-0.1, -0.05) is 0 Å². The van der Waals surface area contributed by atoms with Crippen LogP contribution in [0.1, 0.15) is 0 Å². The van der Waals surface area contributed by atoms with Crippen LogP contribution in [0.15, 0.2) is 0 Å². The average Bonchev–Trinajstić information content (AvgIpc) is 0.722. The zero-order valence-corrected chi connectivity index (χ0v) is 5.35. The molecule has 0 saturated heterocycles. The summed E-state index contributed by atoms with van der Waals surface area (Å²) in [6.07, 6.45) is 0. The molecular weight excluding hydrogens is 260 g/mol. The molecule has 0 aromatic rings. The Morgan fingerprint density at radius 2 is 0.667 bits per heavy atom. The first kappa shape index (κ1) is 29.2. The van der Waals surface area contributed by atoms with E-state index in [1.54, 1.807) is 0 Å². The molecule has 4 nitrogen and oxygen atoms in total. The first-order valence-corrected chi connectivity index (χ1v) is 2.68. The van der Waals surface area contributed by atoms with Gasteiger partial charge < -0.3 is 19.2 Å². The van der Waals surface area contributed by atoms with Crippen LogP contribution >= 0.6 is 0 Å². The van der Waals surface area contributed by atoms with Crippen LogP contribution in [0.2, 0.25) is 0 Å². The second-order valence-corrected chi connectivity index (χ2v) is 1.80. The first-order chi connectivity index (χ1) is 2.00. The molecule has 4 N–H and O–H groups in total. The summed E-state index contributed by atoms with van der Waals surface area (Å²) in [5.74, 6) is 0. The van der Waals surface area contributed by atoms with Crippen LogP contribution in [0.5, 0.6) is 0 Å². The summed E-state index contributed by atoms with van der Waals surface area (Å²) in [5, 5.41) is 0. The fraction of sp³-hybridized carbons (Fsp3) is 0. The van der Waals surface area contributed by atoms with E-state index < -0.39 is 9.05 Å². The van der Waals surface area contributed by atoms with Crippen molar-refractivity contribution < 1.29 is 40.9 Å². The maximum Gasteiger partial charge on any atom is 0 e. The van der Waals surface area contributed by atoms with Crippen molar-refractivity contribution in [3.63, 3.8) is 0 Å². The third kappa shape index (κ3) is 67.5. The fourth-order valence-electron chi connectivity index (χ4n) is 0. The molecule has 0 aliphatic heterocycles. The van der Waals surface area contributed by atoms with E-state index >= 15 is 0 Å². The van der Waals surface area contributed by atoms with Gasteiger partial charge >= 0.3 is 122 Å². The SMILES string of the molecule is O[Si](O)(O)O.[CaH2].[CaH2].[CaH2].[Ti]. The van der Waals surface area contributed by atoms with E-state index in [-0.39, 0.29) is 135 Å². The van der Waals surface area contributed by atoms with Crippen LogP contribution in [0.25, 0.3) is 0 Å². The Kier molecular flexibility index (Phi) is 48.8. The second-order valence-electron chi connectivity index (χ2n) is 0.600. The third-order valence-corrected chi connectivity index (χ3v) is 0. The molecule has 0 rings (SSSR count). The number of hydrogen-bond donors (Lipinski definition) is 4. The van der Waals surface area contributed by atoms with Gasteiger partial charge in [0.15, 0.2) is 0 Å². The Bertz CT molecular complexity index is 31.3. The Hall–Kier alpha value is 4.55. The molecular formula is H10Ca3O4SiTi. The minimum absolute atomic E-state index is 0. The van der Waals surface area contributed by atoms with E-state index in [9.17, 15) is 0 Å². The van der Waals surface area contributed by atoms with E-state index in [0.717, 1.165) is 0 Å². The number of rotatable bonds is 0.